The zero-order valence-electron chi connectivity index (χ0n) is 36.8. The summed E-state index contributed by atoms with van der Waals surface area (Å²) in [6.45, 7) is 0.806. The number of aliphatic hydroxyl groups is 5. The van der Waals surface area contributed by atoms with Crippen molar-refractivity contribution in [3.8, 4) is 0 Å². The van der Waals surface area contributed by atoms with Crippen LogP contribution in [0.3, 0.4) is 0 Å². The van der Waals surface area contributed by atoms with Crippen LogP contribution in [-0.4, -0.2) is 135 Å². The van der Waals surface area contributed by atoms with Gasteiger partial charge < -0.3 is 61.3 Å². The number of phosphoric ester groups is 2. The number of aromatic nitrogens is 4. The number of hydrogen-bond donors (Lipinski definition) is 10. The van der Waals surface area contributed by atoms with Gasteiger partial charge in [0.25, 0.3) is 5.91 Å². The second-order valence-electron chi connectivity index (χ2n) is 16.7. The fourth-order valence-corrected chi connectivity index (χ4v) is 10.5. The second-order valence-corrected chi connectivity index (χ2v) is 19.8. The summed E-state index contributed by atoms with van der Waals surface area (Å²) in [5.41, 5.74) is 16.1. The van der Waals surface area contributed by atoms with E-state index in [0.29, 0.717) is 23.4 Å². The van der Waals surface area contributed by atoms with Gasteiger partial charge in [-0.05, 0) is 61.1 Å². The number of nitrogens with zero attached hydrogens (tertiary/aromatic N) is 7. The third-order valence-corrected chi connectivity index (χ3v) is 14.7. The molecule has 368 valence electrons. The van der Waals surface area contributed by atoms with E-state index in [4.69, 9.17) is 25.3 Å². The van der Waals surface area contributed by atoms with Crippen LogP contribution in [0.2, 0.25) is 0 Å². The Morgan fingerprint density at radius 3 is 2.23 bits per heavy atom. The lowest BCUT2D eigenvalue weighted by Gasteiger charge is -2.53. The number of fused-ring (bicyclic) bond motifs is 3. The highest BCUT2D eigenvalue weighted by Gasteiger charge is 2.52. The number of ether oxygens (including phenoxy) is 1. The number of rotatable bonds is 18. The first-order chi connectivity index (χ1) is 32.7. The molecule has 2 aromatic heterocycles. The number of phosphoric acid groups is 2. The lowest BCUT2D eigenvalue weighted by Crippen LogP contribution is -2.71. The van der Waals surface area contributed by atoms with Crippen LogP contribution in [0.4, 0.5) is 22.0 Å². The van der Waals surface area contributed by atoms with Crippen molar-refractivity contribution in [2.75, 3.05) is 35.3 Å². The molecule has 0 bridgehead atoms. The van der Waals surface area contributed by atoms with Crippen molar-refractivity contribution < 1.29 is 72.1 Å². The molecule has 12 N–H and O–H groups in total. The third kappa shape index (κ3) is 10.2. The van der Waals surface area contributed by atoms with Crippen molar-refractivity contribution in [3.63, 3.8) is 0 Å². The summed E-state index contributed by atoms with van der Waals surface area (Å²) in [6.07, 6.45) is -9.45. The summed E-state index contributed by atoms with van der Waals surface area (Å²) in [5.74, 6) is -0.920. The quantitative estimate of drug-likeness (QED) is 0.0542. The minimum Gasteiger partial charge on any atom is -0.388 e. The zero-order chi connectivity index (χ0) is 49.6. The molecular formula is C42H50N10O15P2. The molecule has 5 aromatic rings. The topological polar surface area (TPSA) is 373 Å². The number of imide groups is 1. The Morgan fingerprint density at radius 2 is 1.54 bits per heavy atom. The molecule has 3 amide bonds. The summed E-state index contributed by atoms with van der Waals surface area (Å²) < 4.78 is 46.4. The van der Waals surface area contributed by atoms with Gasteiger partial charge >= 0.3 is 21.7 Å². The first kappa shape index (κ1) is 49.8. The lowest BCUT2D eigenvalue weighted by atomic mass is 9.86. The van der Waals surface area contributed by atoms with Gasteiger partial charge in [-0.1, -0.05) is 60.7 Å². The number of aliphatic hydroxyl groups excluding tert-OH is 5. The van der Waals surface area contributed by atoms with Crippen LogP contribution < -0.4 is 26.6 Å². The van der Waals surface area contributed by atoms with E-state index in [0.717, 1.165) is 23.0 Å². The summed E-state index contributed by atoms with van der Waals surface area (Å²) in [7, 11) is -11.2. The molecule has 5 heterocycles. The number of nitrogen functional groups attached to an aromatic ring is 1. The number of carbonyl (C=O) groups is 2. The molecule has 3 aliphatic rings. The molecule has 3 aliphatic heterocycles. The number of aliphatic imine (C=N–C) groups is 1. The highest BCUT2D eigenvalue weighted by Crippen LogP contribution is 2.60. The van der Waals surface area contributed by atoms with Crippen molar-refractivity contribution in [1.29, 1.82) is 0 Å². The summed E-state index contributed by atoms with van der Waals surface area (Å²) in [6, 6.07) is 19.8. The van der Waals surface area contributed by atoms with Crippen LogP contribution in [0.5, 0.6) is 0 Å². The van der Waals surface area contributed by atoms with Crippen molar-refractivity contribution in [2.24, 2.45) is 10.7 Å². The molecule has 11 atom stereocenters. The van der Waals surface area contributed by atoms with E-state index in [9.17, 15) is 54.0 Å². The molecule has 0 aliphatic carbocycles. The highest BCUT2D eigenvalue weighted by atomic mass is 31.3. The number of nitrogens with two attached hydrogens (primary N) is 2. The molecule has 0 radical (unpaired) electrons. The fraction of sp³-hybridized carbons (Fsp3) is 0.381. The maximum absolute atomic E-state index is 14.1. The number of amides is 3. The number of hydrogen-bond acceptors (Lipinski definition) is 20. The van der Waals surface area contributed by atoms with E-state index in [1.54, 1.807) is 29.2 Å². The van der Waals surface area contributed by atoms with E-state index >= 15 is 0 Å². The maximum Gasteiger partial charge on any atom is 0.481 e. The molecule has 27 heteroatoms. The molecule has 8 rings (SSSR count). The van der Waals surface area contributed by atoms with Gasteiger partial charge in [-0.3, -0.25) is 23.7 Å². The van der Waals surface area contributed by atoms with E-state index < -0.39 is 102 Å². The second kappa shape index (κ2) is 19.7. The molecule has 3 unspecified atom stereocenters. The molecule has 69 heavy (non-hydrogen) atoms. The van der Waals surface area contributed by atoms with Crippen LogP contribution in [0, 0.1) is 13.8 Å². The number of imidazole rings is 1. The highest BCUT2D eigenvalue weighted by molar-refractivity contribution is 7.61. The number of nitrogens with one attached hydrogen (secondary N) is 1. The van der Waals surface area contributed by atoms with Gasteiger partial charge in [-0.25, -0.2) is 28.9 Å². The van der Waals surface area contributed by atoms with E-state index in [2.05, 4.69) is 29.6 Å². The normalized spacial score (nSPS) is 24.3. The molecule has 0 spiro atoms. The number of amidine groups is 1. The third-order valence-electron chi connectivity index (χ3n) is 12.1. The Kier molecular flexibility index (Phi) is 14.2. The Labute approximate surface area is 392 Å². The smallest absolute Gasteiger partial charge is 0.388 e. The monoisotopic (exact) mass is 996 g/mol. The number of aryl methyl sites for hydroxylation is 3. The van der Waals surface area contributed by atoms with Crippen molar-refractivity contribution in [1.82, 2.24) is 24.8 Å². The zero-order valence-corrected chi connectivity index (χ0v) is 38.6. The van der Waals surface area contributed by atoms with Gasteiger partial charge in [0, 0.05) is 0 Å². The Balaban J connectivity index is 0.962. The summed E-state index contributed by atoms with van der Waals surface area (Å²) in [5, 5.41) is 57.1. The van der Waals surface area contributed by atoms with Crippen LogP contribution in [0.1, 0.15) is 34.9 Å². The van der Waals surface area contributed by atoms with Crippen LogP contribution in [-0.2, 0) is 44.1 Å². The summed E-state index contributed by atoms with van der Waals surface area (Å²) in [4.78, 5) is 66.9. The van der Waals surface area contributed by atoms with E-state index in [1.165, 1.54) is 15.8 Å². The van der Waals surface area contributed by atoms with Crippen LogP contribution >= 0.6 is 15.6 Å². The first-order valence-electron chi connectivity index (χ1n) is 21.3. The van der Waals surface area contributed by atoms with Gasteiger partial charge in [0.15, 0.2) is 23.7 Å². The maximum atomic E-state index is 14.1. The predicted molar refractivity (Wildman–Crippen MR) is 244 cm³/mol. The minimum absolute atomic E-state index is 0.0248. The van der Waals surface area contributed by atoms with Gasteiger partial charge in [-0.15, -0.1) is 0 Å². The SMILES string of the molecule is Cc1cc2c(cc1C)N([C@@](N)(CCc1ccccc1)c1ccccc1)C1C(=O)NC(=O)N=C1N2C[C@H](O)[C@H](O)[C@H](O)COP(=O)(O)OP(=O)(O)OC[C@H]1O[C@@H](n2cnc3c(N)ncnc32)[C@H](O)[C@@H]1O. The molecule has 1 fully saturated rings. The molecular weight excluding hydrogens is 946 g/mol. The summed E-state index contributed by atoms with van der Waals surface area (Å²) >= 11 is 0. The number of benzene rings is 3. The standard InChI is InChI=1S/C42H50N10O15P2/c1-22-15-26-27(16-23(22)2)52(42(44,25-11-7-4-8-12-25)14-13-24-9-5-3-6-10-24)32-38(48-41(59)49-39(32)58)50(26)17-28(53)33(55)29(54)18-64-68(60,61)67-69(62,63)65-19-30-34(56)35(57)40(66-30)51-21-47-31-36(43)45-20-46-37(31)51/h3-12,15-16,20-21,28-30,32-35,40,53-57H,13-14,17-19,44H2,1-2H3,(H,60,61)(H,62,63)(H2,43,45,46)(H,49,58,59)/t28-,29+,30+,32?,33-,34+,35+,40+,42-/m0/s1. The lowest BCUT2D eigenvalue weighted by molar-refractivity contribution is -0.120. The van der Waals surface area contributed by atoms with Gasteiger partial charge in [-0.2, -0.15) is 9.30 Å². The Hall–Kier alpha value is -5.60. The molecule has 0 saturated carbocycles. The van der Waals surface area contributed by atoms with Crippen molar-refractivity contribution in [3.05, 3.63) is 108 Å². The fourth-order valence-electron chi connectivity index (χ4n) is 8.45. The first-order valence-corrected chi connectivity index (χ1v) is 24.3. The molecule has 3 aromatic carbocycles. The Morgan fingerprint density at radius 1 is 0.884 bits per heavy atom. The van der Waals surface area contributed by atoms with E-state index in [1.807, 2.05) is 62.4 Å². The molecule has 25 nitrogen and oxygen atoms in total. The van der Waals surface area contributed by atoms with Gasteiger partial charge in [0.05, 0.1) is 37.5 Å². The van der Waals surface area contributed by atoms with Gasteiger partial charge in [0.1, 0.15) is 60.0 Å². The number of carbonyl (C=O) groups excluding carboxylic acids is 2. The van der Waals surface area contributed by atoms with E-state index in [-0.39, 0.29) is 29.2 Å². The van der Waals surface area contributed by atoms with Crippen molar-refractivity contribution >= 4 is 61.8 Å². The average molecular weight is 997 g/mol. The van der Waals surface area contributed by atoms with Crippen LogP contribution in [0.15, 0.2) is 90.4 Å². The molecule has 1 saturated heterocycles. The minimum atomic E-state index is -5.62. The van der Waals surface area contributed by atoms with Crippen LogP contribution in [0.25, 0.3) is 11.2 Å². The number of urea groups is 1. The average Bonchev–Trinajstić information content (AvgIpc) is 3.87. The van der Waals surface area contributed by atoms with Crippen molar-refractivity contribution in [2.45, 2.75) is 81.2 Å². The largest absolute Gasteiger partial charge is 0.481 e. The van der Waals surface area contributed by atoms with Gasteiger partial charge in [0.2, 0.25) is 0 Å². The predicted octanol–water partition coefficient (Wildman–Crippen LogP) is 0.766. The Bertz CT molecular complexity index is 2850. The number of β-amino-alcohol motifs (C(OH)–C–C–N with tert-alkyl or cyclic N) is 1. The number of anilines is 3.